The summed E-state index contributed by atoms with van der Waals surface area (Å²) in [4.78, 5) is 11.3. The fraction of sp³-hybridized carbons (Fsp3) is 0.759. The zero-order valence-corrected chi connectivity index (χ0v) is 21.6. The Labute approximate surface area is 207 Å². The van der Waals surface area contributed by atoms with E-state index in [4.69, 9.17) is 0 Å². The Morgan fingerprint density at radius 3 is 1.29 bits per heavy atom. The molecule has 0 radical (unpaired) electrons. The molecule has 0 bridgehead atoms. The van der Waals surface area contributed by atoms with E-state index < -0.39 is 23.2 Å². The molecule has 34 heavy (non-hydrogen) atoms. The highest BCUT2D eigenvalue weighted by atomic mass is 16.4. The van der Waals surface area contributed by atoms with E-state index >= 15 is 0 Å². The first-order valence-electron chi connectivity index (χ1n) is 14.0. The molecule has 0 saturated carbocycles. The second kappa shape index (κ2) is 19.4. The van der Waals surface area contributed by atoms with E-state index in [0.717, 1.165) is 25.3 Å². The largest absolute Gasteiger partial charge is 0.504 e. The first-order valence-corrected chi connectivity index (χ1v) is 14.0. The minimum absolute atomic E-state index is 0.148. The van der Waals surface area contributed by atoms with E-state index in [1.54, 1.807) is 0 Å². The topological polar surface area (TPSA) is 98.0 Å². The molecule has 0 aromatic heterocycles. The second-order valence-electron chi connectivity index (χ2n) is 9.89. The third-order valence-corrected chi connectivity index (χ3v) is 6.87. The number of hydrogen-bond acceptors (Lipinski definition) is 4. The standard InChI is InChI=1S/C29H50O5/c1-2-3-4-5-6-7-8-9-10-11-12-13-14-15-16-17-18-19-20-21-22-24-25(29(33)34)23-26(30)28(32)27(24)31/h23,30-32H,2-22H2,1H3,(H,33,34). The molecule has 1 aromatic carbocycles. The van der Waals surface area contributed by atoms with Crippen molar-refractivity contribution in [2.45, 2.75) is 142 Å². The van der Waals surface area contributed by atoms with Gasteiger partial charge in [0.25, 0.3) is 0 Å². The predicted octanol–water partition coefficient (Wildman–Crippen LogP) is 8.87. The van der Waals surface area contributed by atoms with E-state index in [9.17, 15) is 25.2 Å². The van der Waals surface area contributed by atoms with Gasteiger partial charge in [0, 0.05) is 5.56 Å². The van der Waals surface area contributed by atoms with Crippen molar-refractivity contribution in [3.05, 3.63) is 17.2 Å². The van der Waals surface area contributed by atoms with E-state index in [1.165, 1.54) is 109 Å². The van der Waals surface area contributed by atoms with Crippen LogP contribution in [-0.2, 0) is 6.42 Å². The third-order valence-electron chi connectivity index (χ3n) is 6.87. The van der Waals surface area contributed by atoms with Gasteiger partial charge in [0.05, 0.1) is 5.56 Å². The van der Waals surface area contributed by atoms with E-state index in [0.29, 0.717) is 6.42 Å². The van der Waals surface area contributed by atoms with Crippen molar-refractivity contribution in [3.63, 3.8) is 0 Å². The Balaban J connectivity index is 1.93. The summed E-state index contributed by atoms with van der Waals surface area (Å²) in [5, 5.41) is 38.4. The fourth-order valence-corrected chi connectivity index (χ4v) is 4.68. The molecule has 0 saturated heterocycles. The third kappa shape index (κ3) is 13.1. The van der Waals surface area contributed by atoms with Crippen LogP contribution in [0.15, 0.2) is 6.07 Å². The lowest BCUT2D eigenvalue weighted by molar-refractivity contribution is 0.0694. The Morgan fingerprint density at radius 1 is 0.588 bits per heavy atom. The molecule has 0 fully saturated rings. The Morgan fingerprint density at radius 2 is 0.941 bits per heavy atom. The number of unbranched alkanes of at least 4 members (excludes halogenated alkanes) is 19. The van der Waals surface area contributed by atoms with Gasteiger partial charge in [-0.3, -0.25) is 0 Å². The van der Waals surface area contributed by atoms with Gasteiger partial charge in [0.2, 0.25) is 5.75 Å². The highest BCUT2D eigenvalue weighted by Gasteiger charge is 2.20. The number of carbonyl (C=O) groups is 1. The van der Waals surface area contributed by atoms with Crippen LogP contribution in [0.5, 0.6) is 17.2 Å². The lowest BCUT2D eigenvalue weighted by Crippen LogP contribution is -2.03. The van der Waals surface area contributed by atoms with Gasteiger partial charge in [-0.2, -0.15) is 0 Å². The maximum absolute atomic E-state index is 11.3. The maximum Gasteiger partial charge on any atom is 0.336 e. The summed E-state index contributed by atoms with van der Waals surface area (Å²) < 4.78 is 0. The van der Waals surface area contributed by atoms with Crippen LogP contribution >= 0.6 is 0 Å². The van der Waals surface area contributed by atoms with E-state index in [-0.39, 0.29) is 11.1 Å². The summed E-state index contributed by atoms with van der Waals surface area (Å²) in [6.45, 7) is 2.27. The minimum atomic E-state index is -1.21. The average molecular weight is 479 g/mol. The van der Waals surface area contributed by atoms with Gasteiger partial charge in [-0.1, -0.05) is 129 Å². The summed E-state index contributed by atoms with van der Waals surface area (Å²) in [5.41, 5.74) is 0.0517. The quantitative estimate of drug-likeness (QED) is 0.0985. The van der Waals surface area contributed by atoms with Gasteiger partial charge in [0.1, 0.15) is 0 Å². The molecule has 4 N–H and O–H groups in total. The highest BCUT2D eigenvalue weighted by molar-refractivity contribution is 5.91. The van der Waals surface area contributed by atoms with Crippen molar-refractivity contribution in [3.8, 4) is 17.2 Å². The molecule has 0 atom stereocenters. The van der Waals surface area contributed by atoms with Crippen LogP contribution in [0.25, 0.3) is 0 Å². The zero-order chi connectivity index (χ0) is 25.0. The summed E-state index contributed by atoms with van der Waals surface area (Å²) in [6.07, 6.45) is 26.4. The zero-order valence-electron chi connectivity index (χ0n) is 21.6. The van der Waals surface area contributed by atoms with Crippen molar-refractivity contribution in [2.24, 2.45) is 0 Å². The first kappa shape index (κ1) is 30.1. The van der Waals surface area contributed by atoms with Crippen LogP contribution in [0.3, 0.4) is 0 Å². The van der Waals surface area contributed by atoms with Crippen LogP contribution < -0.4 is 0 Å². The molecular weight excluding hydrogens is 428 g/mol. The predicted molar refractivity (Wildman–Crippen MR) is 140 cm³/mol. The number of rotatable bonds is 22. The number of phenolic OH excluding ortho intramolecular Hbond substituents is 3. The molecular formula is C29H50O5. The van der Waals surface area contributed by atoms with Gasteiger partial charge in [-0.25, -0.2) is 4.79 Å². The van der Waals surface area contributed by atoms with Gasteiger partial charge < -0.3 is 20.4 Å². The SMILES string of the molecule is CCCCCCCCCCCCCCCCCCCCCCc1c(C(=O)O)cc(O)c(O)c1O. The number of hydrogen-bond donors (Lipinski definition) is 4. The van der Waals surface area contributed by atoms with Gasteiger partial charge >= 0.3 is 5.97 Å². The Hall–Kier alpha value is -1.91. The first-order chi connectivity index (χ1) is 16.5. The molecule has 1 rings (SSSR count). The second-order valence-corrected chi connectivity index (χ2v) is 9.89. The van der Waals surface area contributed by atoms with Crippen molar-refractivity contribution in [1.29, 1.82) is 0 Å². The molecule has 0 aliphatic heterocycles. The number of aromatic carboxylic acids is 1. The maximum atomic E-state index is 11.3. The smallest absolute Gasteiger partial charge is 0.336 e. The molecule has 0 aliphatic rings. The van der Waals surface area contributed by atoms with Crippen molar-refractivity contribution < 1.29 is 25.2 Å². The summed E-state index contributed by atoms with van der Waals surface area (Å²) >= 11 is 0. The minimum Gasteiger partial charge on any atom is -0.504 e. The van der Waals surface area contributed by atoms with Crippen molar-refractivity contribution in [2.75, 3.05) is 0 Å². The van der Waals surface area contributed by atoms with Crippen molar-refractivity contribution in [1.82, 2.24) is 0 Å². The molecule has 0 unspecified atom stereocenters. The number of benzene rings is 1. The summed E-state index contributed by atoms with van der Waals surface area (Å²) in [5.74, 6) is -2.99. The lowest BCUT2D eigenvalue weighted by atomic mass is 9.98. The molecule has 0 amide bonds. The molecule has 0 aliphatic carbocycles. The lowest BCUT2D eigenvalue weighted by Gasteiger charge is -2.11. The number of phenols is 3. The molecule has 5 nitrogen and oxygen atoms in total. The van der Waals surface area contributed by atoms with Crippen LogP contribution in [0.2, 0.25) is 0 Å². The van der Waals surface area contributed by atoms with E-state index in [1.807, 2.05) is 0 Å². The molecule has 5 heteroatoms. The monoisotopic (exact) mass is 478 g/mol. The van der Waals surface area contributed by atoms with Crippen LogP contribution in [0.4, 0.5) is 0 Å². The Bertz CT molecular complexity index is 671. The molecule has 0 heterocycles. The molecule has 196 valence electrons. The van der Waals surface area contributed by atoms with Gasteiger partial charge in [-0.15, -0.1) is 0 Å². The van der Waals surface area contributed by atoms with E-state index in [2.05, 4.69) is 6.92 Å². The summed E-state index contributed by atoms with van der Waals surface area (Å²) in [7, 11) is 0. The molecule has 1 aromatic rings. The number of carboxylic acid groups (broad SMARTS) is 1. The number of carboxylic acids is 1. The fourth-order valence-electron chi connectivity index (χ4n) is 4.68. The highest BCUT2D eigenvalue weighted by Crippen LogP contribution is 2.40. The van der Waals surface area contributed by atoms with Gasteiger partial charge in [0.15, 0.2) is 11.5 Å². The Kier molecular flexibility index (Phi) is 17.2. The average Bonchev–Trinajstić information content (AvgIpc) is 2.82. The van der Waals surface area contributed by atoms with Crippen molar-refractivity contribution >= 4 is 5.97 Å². The number of aromatic hydroxyl groups is 3. The van der Waals surface area contributed by atoms with Crippen LogP contribution in [-0.4, -0.2) is 26.4 Å². The van der Waals surface area contributed by atoms with Crippen LogP contribution in [0.1, 0.15) is 151 Å². The normalized spacial score (nSPS) is 11.2. The summed E-state index contributed by atoms with van der Waals surface area (Å²) in [6, 6.07) is 1.00. The van der Waals surface area contributed by atoms with Gasteiger partial charge in [-0.05, 0) is 18.9 Å². The van der Waals surface area contributed by atoms with Crippen LogP contribution in [0, 0.1) is 0 Å². The molecule has 0 spiro atoms.